The molecule has 30 heavy (non-hydrogen) atoms. The summed E-state index contributed by atoms with van der Waals surface area (Å²) in [5.74, 6) is 0.434. The highest BCUT2D eigenvalue weighted by Gasteiger charge is 2.56. The zero-order valence-electron chi connectivity index (χ0n) is 16.8. The third-order valence-corrected chi connectivity index (χ3v) is 7.57. The summed E-state index contributed by atoms with van der Waals surface area (Å²) in [6.07, 6.45) is 5.09. The molecule has 1 aliphatic carbocycles. The maximum Gasteiger partial charge on any atom is 0.254 e. The van der Waals surface area contributed by atoms with E-state index in [0.717, 1.165) is 38.5 Å². The van der Waals surface area contributed by atoms with Gasteiger partial charge in [-0.1, -0.05) is 0 Å². The molecule has 2 N–H and O–H groups in total. The summed E-state index contributed by atoms with van der Waals surface area (Å²) in [4.78, 5) is 30.0. The van der Waals surface area contributed by atoms with Crippen LogP contribution in [0.4, 0.5) is 0 Å². The maximum absolute atomic E-state index is 13.1. The third kappa shape index (κ3) is 2.97. The molecule has 1 saturated carbocycles. The fraction of sp³-hybridized carbons (Fsp3) is 0.565. The second kappa shape index (κ2) is 7.11. The van der Waals surface area contributed by atoms with E-state index in [2.05, 4.69) is 12.1 Å². The number of likely N-dealkylation sites (tertiary alicyclic amines) is 1. The Balaban J connectivity index is 1.28. The molecule has 3 heterocycles. The van der Waals surface area contributed by atoms with E-state index in [-0.39, 0.29) is 41.9 Å². The van der Waals surface area contributed by atoms with Crippen molar-refractivity contribution in [2.75, 3.05) is 0 Å². The molecule has 0 aromatic heterocycles. The third-order valence-electron chi connectivity index (χ3n) is 7.57. The van der Waals surface area contributed by atoms with Gasteiger partial charge in [0.25, 0.3) is 5.91 Å². The molecule has 7 nitrogen and oxygen atoms in total. The number of benzene rings is 1. The van der Waals surface area contributed by atoms with E-state index in [9.17, 15) is 14.9 Å². The second-order valence-corrected chi connectivity index (χ2v) is 9.23. The van der Waals surface area contributed by atoms with Gasteiger partial charge in [-0.05, 0) is 74.6 Å². The van der Waals surface area contributed by atoms with Crippen LogP contribution in [0.15, 0.2) is 24.3 Å². The van der Waals surface area contributed by atoms with E-state index < -0.39 is 6.04 Å². The van der Waals surface area contributed by atoms with Gasteiger partial charge in [-0.2, -0.15) is 10.5 Å². The SMILES string of the molecule is N#Cc1ccc(C(=O)N2C3CC[C@H]2CC([C@H](N)C(=O)N2C(C#N)CC4CC42)C3)cc1. The predicted octanol–water partition coefficient (Wildman–Crippen LogP) is 1.78. The standard InChI is InChI=1S/C23H25N5O2/c24-11-13-1-3-14(4-2-13)22(29)27-17-5-6-18(27)9-16(8-17)21(26)23(30)28-19(12-25)7-15-10-20(15)28/h1-4,15-21H,5-10,26H2/t15?,16?,17-,18?,19?,20?,21-/m0/s1. The Kier molecular flexibility index (Phi) is 4.52. The first-order valence-corrected chi connectivity index (χ1v) is 10.8. The molecule has 2 amide bonds. The minimum atomic E-state index is -0.601. The van der Waals surface area contributed by atoms with Gasteiger partial charge in [-0.25, -0.2) is 0 Å². The summed E-state index contributed by atoms with van der Waals surface area (Å²) in [5.41, 5.74) is 7.58. The number of carbonyl (C=O) groups is 2. The lowest BCUT2D eigenvalue weighted by molar-refractivity contribution is -0.135. The highest BCUT2D eigenvalue weighted by atomic mass is 16.2. The van der Waals surface area contributed by atoms with Gasteiger partial charge < -0.3 is 15.5 Å². The Bertz CT molecular complexity index is 947. The summed E-state index contributed by atoms with van der Waals surface area (Å²) in [5, 5.41) is 18.4. The number of nitriles is 2. The summed E-state index contributed by atoms with van der Waals surface area (Å²) >= 11 is 0. The largest absolute Gasteiger partial charge is 0.333 e. The number of rotatable bonds is 3. The molecule has 5 unspecified atom stereocenters. The molecule has 5 rings (SSSR count). The number of fused-ring (bicyclic) bond motifs is 3. The van der Waals surface area contributed by atoms with Crippen molar-refractivity contribution >= 4 is 11.8 Å². The van der Waals surface area contributed by atoms with Gasteiger partial charge in [0.05, 0.1) is 23.7 Å². The van der Waals surface area contributed by atoms with Crippen LogP contribution in [0.3, 0.4) is 0 Å². The lowest BCUT2D eigenvalue weighted by Gasteiger charge is -2.41. The Morgan fingerprint density at radius 3 is 2.27 bits per heavy atom. The highest BCUT2D eigenvalue weighted by Crippen LogP contribution is 2.48. The first kappa shape index (κ1) is 19.1. The molecule has 0 spiro atoms. The van der Waals surface area contributed by atoms with Crippen LogP contribution in [0, 0.1) is 34.5 Å². The van der Waals surface area contributed by atoms with Crippen LogP contribution >= 0.6 is 0 Å². The highest BCUT2D eigenvalue weighted by molar-refractivity contribution is 5.95. The Morgan fingerprint density at radius 2 is 1.67 bits per heavy atom. The van der Waals surface area contributed by atoms with E-state index in [4.69, 9.17) is 11.0 Å². The molecule has 4 aliphatic rings. The van der Waals surface area contributed by atoms with Crippen molar-refractivity contribution in [3.8, 4) is 12.1 Å². The molecular weight excluding hydrogens is 378 g/mol. The normalized spacial score (nSPS) is 34.6. The average Bonchev–Trinajstić information content (AvgIpc) is 3.36. The van der Waals surface area contributed by atoms with Crippen LogP contribution in [0.5, 0.6) is 0 Å². The van der Waals surface area contributed by atoms with Crippen molar-refractivity contribution in [3.63, 3.8) is 0 Å². The molecule has 7 atom stereocenters. The van der Waals surface area contributed by atoms with E-state index in [1.807, 2.05) is 4.90 Å². The fourth-order valence-corrected chi connectivity index (χ4v) is 5.94. The molecule has 1 aromatic carbocycles. The van der Waals surface area contributed by atoms with E-state index >= 15 is 0 Å². The number of hydrogen-bond donors (Lipinski definition) is 1. The number of piperidine rings is 2. The first-order valence-electron chi connectivity index (χ1n) is 10.8. The van der Waals surface area contributed by atoms with Gasteiger partial charge in [0, 0.05) is 23.7 Å². The summed E-state index contributed by atoms with van der Waals surface area (Å²) < 4.78 is 0. The van der Waals surface area contributed by atoms with Crippen LogP contribution in [0.2, 0.25) is 0 Å². The summed E-state index contributed by atoms with van der Waals surface area (Å²) in [7, 11) is 0. The topological polar surface area (TPSA) is 114 Å². The zero-order valence-corrected chi connectivity index (χ0v) is 16.8. The van der Waals surface area contributed by atoms with Gasteiger partial charge in [0.15, 0.2) is 0 Å². The maximum atomic E-state index is 13.1. The molecule has 7 heteroatoms. The summed E-state index contributed by atoms with van der Waals surface area (Å²) in [6, 6.07) is 10.6. The molecule has 1 aromatic rings. The van der Waals surface area contributed by atoms with Gasteiger partial charge in [-0.3, -0.25) is 9.59 Å². The Hall–Kier alpha value is -2.90. The Labute approximate surface area is 176 Å². The van der Waals surface area contributed by atoms with Crippen LogP contribution < -0.4 is 5.73 Å². The van der Waals surface area contributed by atoms with Gasteiger partial charge in [0.1, 0.15) is 6.04 Å². The van der Waals surface area contributed by atoms with Crippen LogP contribution in [0.25, 0.3) is 0 Å². The quantitative estimate of drug-likeness (QED) is 0.826. The van der Waals surface area contributed by atoms with Crippen molar-refractivity contribution in [2.45, 2.75) is 68.7 Å². The molecule has 3 saturated heterocycles. The summed E-state index contributed by atoms with van der Waals surface area (Å²) in [6.45, 7) is 0. The van der Waals surface area contributed by atoms with Crippen molar-refractivity contribution in [2.24, 2.45) is 17.6 Å². The first-order chi connectivity index (χ1) is 14.5. The molecule has 4 fully saturated rings. The number of amides is 2. The number of nitrogens with two attached hydrogens (primary N) is 1. The molecular formula is C23H25N5O2. The van der Waals surface area contributed by atoms with Crippen LogP contribution in [-0.2, 0) is 4.79 Å². The number of hydrogen-bond acceptors (Lipinski definition) is 5. The smallest absolute Gasteiger partial charge is 0.254 e. The van der Waals surface area contributed by atoms with E-state index in [1.165, 1.54) is 0 Å². The lowest BCUT2D eigenvalue weighted by atomic mass is 9.84. The molecule has 2 bridgehead atoms. The van der Waals surface area contributed by atoms with Crippen molar-refractivity contribution in [1.82, 2.24) is 9.80 Å². The average molecular weight is 403 g/mol. The van der Waals surface area contributed by atoms with Crippen LogP contribution in [-0.4, -0.2) is 51.8 Å². The number of nitrogens with zero attached hydrogens (tertiary/aromatic N) is 4. The van der Waals surface area contributed by atoms with Gasteiger partial charge in [0.2, 0.25) is 5.91 Å². The second-order valence-electron chi connectivity index (χ2n) is 9.23. The molecule has 3 aliphatic heterocycles. The zero-order chi connectivity index (χ0) is 21.0. The fourth-order valence-electron chi connectivity index (χ4n) is 5.94. The number of carbonyl (C=O) groups excluding carboxylic acids is 2. The van der Waals surface area contributed by atoms with Crippen LogP contribution in [0.1, 0.15) is 54.4 Å². The van der Waals surface area contributed by atoms with E-state index in [1.54, 1.807) is 29.2 Å². The molecule has 154 valence electrons. The van der Waals surface area contributed by atoms with Crippen molar-refractivity contribution in [3.05, 3.63) is 35.4 Å². The van der Waals surface area contributed by atoms with E-state index in [0.29, 0.717) is 17.0 Å². The van der Waals surface area contributed by atoms with Crippen molar-refractivity contribution in [1.29, 1.82) is 10.5 Å². The monoisotopic (exact) mass is 403 g/mol. The minimum absolute atomic E-state index is 0.00440. The van der Waals surface area contributed by atoms with Gasteiger partial charge >= 0.3 is 0 Å². The van der Waals surface area contributed by atoms with Crippen molar-refractivity contribution < 1.29 is 9.59 Å². The minimum Gasteiger partial charge on any atom is -0.333 e. The Morgan fingerprint density at radius 1 is 1.00 bits per heavy atom. The predicted molar refractivity (Wildman–Crippen MR) is 108 cm³/mol. The van der Waals surface area contributed by atoms with Gasteiger partial charge in [-0.15, -0.1) is 0 Å². The lowest BCUT2D eigenvalue weighted by Crippen LogP contribution is -2.55. The molecule has 0 radical (unpaired) electrons.